The first-order valence-electron chi connectivity index (χ1n) is 3.94. The number of nitro groups is 1. The third-order valence-corrected chi connectivity index (χ3v) is 2.34. The van der Waals surface area contributed by atoms with Gasteiger partial charge in [-0.15, -0.1) is 0 Å². The number of alkyl halides is 1. The number of halogens is 1. The van der Waals surface area contributed by atoms with E-state index in [1.807, 2.05) is 0 Å². The Morgan fingerprint density at radius 2 is 2.07 bits per heavy atom. The largest absolute Gasteiger partial charge is 0.287 e. The van der Waals surface area contributed by atoms with Gasteiger partial charge in [0.25, 0.3) is 6.54 Å². The second-order valence-electron chi connectivity index (χ2n) is 2.70. The second-order valence-corrected chi connectivity index (χ2v) is 3.27. The van der Waals surface area contributed by atoms with E-state index in [1.165, 1.54) is 0 Å². The molecule has 0 heterocycles. The first-order chi connectivity index (χ1) is 6.65. The predicted octanol–water partition coefficient (Wildman–Crippen LogP) is 2.04. The van der Waals surface area contributed by atoms with Gasteiger partial charge in [-0.1, -0.05) is 40.2 Å². The third kappa shape index (κ3) is 2.63. The van der Waals surface area contributed by atoms with Crippen LogP contribution in [0.2, 0.25) is 0 Å². The number of nitrogens with zero attached hydrogens (tertiary/aromatic N) is 1. The van der Waals surface area contributed by atoms with Crippen molar-refractivity contribution in [2.24, 2.45) is 0 Å². The number of hydrogen-bond acceptors (Lipinski definition) is 3. The molecule has 74 valence electrons. The normalized spacial score (nSPS) is 9.79. The van der Waals surface area contributed by atoms with Crippen molar-refractivity contribution in [3.8, 4) is 0 Å². The van der Waals surface area contributed by atoms with Crippen molar-refractivity contribution in [3.05, 3.63) is 45.5 Å². The maximum Gasteiger partial charge on any atom is 0.265 e. The van der Waals surface area contributed by atoms with Gasteiger partial charge in [0.1, 0.15) is 0 Å². The van der Waals surface area contributed by atoms with Crippen LogP contribution in [0, 0.1) is 10.1 Å². The molecule has 1 aromatic carbocycles. The highest BCUT2D eigenvalue weighted by atomic mass is 79.9. The van der Waals surface area contributed by atoms with Gasteiger partial charge in [-0.3, -0.25) is 14.9 Å². The molecule has 4 nitrogen and oxygen atoms in total. The smallest absolute Gasteiger partial charge is 0.265 e. The Morgan fingerprint density at radius 3 is 2.64 bits per heavy atom. The lowest BCUT2D eigenvalue weighted by Crippen LogP contribution is -2.15. The topological polar surface area (TPSA) is 60.2 Å². The molecule has 14 heavy (non-hydrogen) atoms. The molecule has 0 radical (unpaired) electrons. The number of rotatable bonds is 4. The van der Waals surface area contributed by atoms with Crippen LogP contribution in [0.3, 0.4) is 0 Å². The average molecular weight is 258 g/mol. The van der Waals surface area contributed by atoms with Crippen LogP contribution in [0.1, 0.15) is 15.9 Å². The van der Waals surface area contributed by atoms with Gasteiger partial charge in [0.05, 0.1) is 0 Å². The van der Waals surface area contributed by atoms with E-state index in [4.69, 9.17) is 0 Å². The molecule has 0 N–H and O–H groups in total. The summed E-state index contributed by atoms with van der Waals surface area (Å²) in [6, 6.07) is 6.85. The van der Waals surface area contributed by atoms with Gasteiger partial charge in [-0.2, -0.15) is 0 Å². The van der Waals surface area contributed by atoms with Crippen LogP contribution in [-0.2, 0) is 5.33 Å². The molecule has 0 amide bonds. The number of Topliss-reactive ketones (excluding diaryl/α,β-unsaturated/α-hetero) is 1. The first kappa shape index (κ1) is 10.8. The lowest BCUT2D eigenvalue weighted by molar-refractivity contribution is -0.465. The summed E-state index contributed by atoms with van der Waals surface area (Å²) in [5.41, 5.74) is 1.19. The molecule has 0 unspecified atom stereocenters. The van der Waals surface area contributed by atoms with Gasteiger partial charge in [0.15, 0.2) is 0 Å². The van der Waals surface area contributed by atoms with Gasteiger partial charge >= 0.3 is 0 Å². The fourth-order valence-electron chi connectivity index (χ4n) is 1.11. The Hall–Kier alpha value is -1.23. The van der Waals surface area contributed by atoms with E-state index in [9.17, 15) is 14.9 Å². The minimum atomic E-state index is -0.649. The molecule has 0 spiro atoms. The maximum atomic E-state index is 11.4. The molecule has 0 aliphatic rings. The molecule has 0 saturated heterocycles. The minimum absolute atomic E-state index is 0.418. The Kier molecular flexibility index (Phi) is 3.76. The molecule has 0 fully saturated rings. The summed E-state index contributed by atoms with van der Waals surface area (Å²) in [4.78, 5) is 20.9. The quantitative estimate of drug-likeness (QED) is 0.359. The highest BCUT2D eigenvalue weighted by Crippen LogP contribution is 2.12. The minimum Gasteiger partial charge on any atom is -0.287 e. The number of ketones is 1. The summed E-state index contributed by atoms with van der Waals surface area (Å²) in [6.07, 6.45) is 0. The van der Waals surface area contributed by atoms with Crippen molar-refractivity contribution in [1.82, 2.24) is 0 Å². The number of hydrogen-bond donors (Lipinski definition) is 0. The van der Waals surface area contributed by atoms with Crippen LogP contribution < -0.4 is 0 Å². The Balaban J connectivity index is 2.94. The zero-order valence-corrected chi connectivity index (χ0v) is 8.86. The van der Waals surface area contributed by atoms with Crippen molar-refractivity contribution in [1.29, 1.82) is 0 Å². The first-order valence-corrected chi connectivity index (χ1v) is 5.06. The van der Waals surface area contributed by atoms with E-state index in [0.717, 1.165) is 5.56 Å². The molecule has 0 aliphatic carbocycles. The molecule has 0 atom stereocenters. The van der Waals surface area contributed by atoms with Gasteiger partial charge in [0, 0.05) is 15.8 Å². The van der Waals surface area contributed by atoms with Crippen molar-refractivity contribution < 1.29 is 9.72 Å². The van der Waals surface area contributed by atoms with E-state index in [0.29, 0.717) is 10.9 Å². The standard InChI is InChI=1S/C9H8BrNO3/c10-5-7-3-1-2-4-8(7)9(12)6-11(13)14/h1-4H,5-6H2. The zero-order valence-electron chi connectivity index (χ0n) is 7.27. The Bertz CT molecular complexity index is 365. The highest BCUT2D eigenvalue weighted by molar-refractivity contribution is 9.08. The maximum absolute atomic E-state index is 11.4. The van der Waals surface area contributed by atoms with Crippen molar-refractivity contribution in [2.75, 3.05) is 6.54 Å². The number of carbonyl (C=O) groups excluding carboxylic acids is 1. The van der Waals surface area contributed by atoms with E-state index in [2.05, 4.69) is 15.9 Å². The fraction of sp³-hybridized carbons (Fsp3) is 0.222. The molecule has 0 saturated carbocycles. The average Bonchev–Trinajstić information content (AvgIpc) is 2.16. The van der Waals surface area contributed by atoms with Gasteiger partial charge < -0.3 is 0 Å². The monoisotopic (exact) mass is 257 g/mol. The third-order valence-electron chi connectivity index (χ3n) is 1.73. The Morgan fingerprint density at radius 1 is 1.43 bits per heavy atom. The van der Waals surface area contributed by atoms with Crippen LogP contribution in [0.15, 0.2) is 24.3 Å². The number of carbonyl (C=O) groups is 1. The van der Waals surface area contributed by atoms with Gasteiger partial charge in [-0.05, 0) is 5.56 Å². The second kappa shape index (κ2) is 4.85. The van der Waals surface area contributed by atoms with Gasteiger partial charge in [0.2, 0.25) is 5.78 Å². The summed E-state index contributed by atoms with van der Waals surface area (Å²) in [5, 5.41) is 10.7. The van der Waals surface area contributed by atoms with Crippen LogP contribution in [-0.4, -0.2) is 17.3 Å². The van der Waals surface area contributed by atoms with E-state index < -0.39 is 17.3 Å². The summed E-state index contributed by atoms with van der Waals surface area (Å²) < 4.78 is 0. The van der Waals surface area contributed by atoms with Crippen LogP contribution in [0.25, 0.3) is 0 Å². The van der Waals surface area contributed by atoms with Crippen molar-refractivity contribution in [2.45, 2.75) is 5.33 Å². The van der Waals surface area contributed by atoms with Crippen LogP contribution in [0.4, 0.5) is 0 Å². The molecule has 0 bridgehead atoms. The van der Waals surface area contributed by atoms with Crippen molar-refractivity contribution >= 4 is 21.7 Å². The molecule has 1 rings (SSSR count). The fourth-order valence-corrected chi connectivity index (χ4v) is 1.60. The SMILES string of the molecule is O=C(C[N+](=O)[O-])c1ccccc1CBr. The summed E-state index contributed by atoms with van der Waals surface area (Å²) in [7, 11) is 0. The lowest BCUT2D eigenvalue weighted by atomic mass is 10.1. The predicted molar refractivity (Wildman–Crippen MR) is 55.3 cm³/mol. The summed E-state index contributed by atoms with van der Waals surface area (Å²) in [5.74, 6) is -0.454. The molecular formula is C9H8BrNO3. The van der Waals surface area contributed by atoms with Crippen molar-refractivity contribution in [3.63, 3.8) is 0 Å². The van der Waals surface area contributed by atoms with E-state index in [1.54, 1.807) is 24.3 Å². The zero-order chi connectivity index (χ0) is 10.6. The number of benzene rings is 1. The van der Waals surface area contributed by atoms with Crippen LogP contribution in [0.5, 0.6) is 0 Å². The lowest BCUT2D eigenvalue weighted by Gasteiger charge is -2.02. The molecule has 1 aromatic rings. The van der Waals surface area contributed by atoms with E-state index >= 15 is 0 Å². The molecule has 0 aliphatic heterocycles. The van der Waals surface area contributed by atoms with E-state index in [-0.39, 0.29) is 0 Å². The molecule has 5 heteroatoms. The summed E-state index contributed by atoms with van der Waals surface area (Å²) >= 11 is 3.22. The van der Waals surface area contributed by atoms with Gasteiger partial charge in [-0.25, -0.2) is 0 Å². The highest BCUT2D eigenvalue weighted by Gasteiger charge is 2.15. The Labute approximate surface area is 89.2 Å². The molecule has 0 aromatic heterocycles. The molecular weight excluding hydrogens is 250 g/mol. The summed E-state index contributed by atoms with van der Waals surface area (Å²) in [6.45, 7) is -0.649. The van der Waals surface area contributed by atoms with Crippen LogP contribution >= 0.6 is 15.9 Å².